The summed E-state index contributed by atoms with van der Waals surface area (Å²) >= 11 is 0. The highest BCUT2D eigenvalue weighted by Crippen LogP contribution is 2.31. The SMILES string of the molecule is CC(F)c1cccc2c1NCCCC2. The number of hydrogen-bond acceptors (Lipinski definition) is 1. The van der Waals surface area contributed by atoms with Crippen molar-refractivity contribution in [2.24, 2.45) is 0 Å². The van der Waals surface area contributed by atoms with E-state index in [0.29, 0.717) is 0 Å². The Bertz CT molecular complexity index is 320. The maximum Gasteiger partial charge on any atom is 0.124 e. The number of benzene rings is 1. The van der Waals surface area contributed by atoms with Crippen LogP contribution in [0, 0.1) is 0 Å². The van der Waals surface area contributed by atoms with Crippen molar-refractivity contribution in [2.75, 3.05) is 11.9 Å². The summed E-state index contributed by atoms with van der Waals surface area (Å²) in [5.74, 6) is 0. The van der Waals surface area contributed by atoms with Crippen LogP contribution in [-0.2, 0) is 6.42 Å². The fourth-order valence-corrected chi connectivity index (χ4v) is 2.03. The molecule has 2 heteroatoms. The summed E-state index contributed by atoms with van der Waals surface area (Å²) < 4.78 is 13.3. The standard InChI is InChI=1S/C12H16FN/c1-9(13)11-7-4-6-10-5-2-3-8-14-12(10)11/h4,6-7,9,14H,2-3,5,8H2,1H3. The Balaban J connectivity index is 2.42. The Labute approximate surface area is 84.3 Å². The van der Waals surface area contributed by atoms with E-state index >= 15 is 0 Å². The first-order valence-corrected chi connectivity index (χ1v) is 5.29. The number of anilines is 1. The van der Waals surface area contributed by atoms with Gasteiger partial charge in [0.25, 0.3) is 0 Å². The summed E-state index contributed by atoms with van der Waals surface area (Å²) in [7, 11) is 0. The molecule has 1 aliphatic rings. The highest BCUT2D eigenvalue weighted by Gasteiger charge is 2.14. The molecular weight excluding hydrogens is 177 g/mol. The molecule has 0 spiro atoms. The van der Waals surface area contributed by atoms with Crippen LogP contribution in [0.3, 0.4) is 0 Å². The van der Waals surface area contributed by atoms with Gasteiger partial charge < -0.3 is 5.32 Å². The van der Waals surface area contributed by atoms with E-state index in [1.165, 1.54) is 18.4 Å². The van der Waals surface area contributed by atoms with Crippen molar-refractivity contribution >= 4 is 5.69 Å². The molecule has 76 valence electrons. The number of nitrogens with one attached hydrogen (secondary N) is 1. The zero-order valence-corrected chi connectivity index (χ0v) is 8.52. The Morgan fingerprint density at radius 1 is 1.36 bits per heavy atom. The zero-order chi connectivity index (χ0) is 9.97. The van der Waals surface area contributed by atoms with Crippen molar-refractivity contribution in [3.05, 3.63) is 29.3 Å². The van der Waals surface area contributed by atoms with E-state index in [4.69, 9.17) is 0 Å². The topological polar surface area (TPSA) is 12.0 Å². The first kappa shape index (κ1) is 9.50. The maximum atomic E-state index is 13.3. The monoisotopic (exact) mass is 193 g/mol. The van der Waals surface area contributed by atoms with Gasteiger partial charge in [-0.1, -0.05) is 18.2 Å². The molecule has 1 aromatic carbocycles. The van der Waals surface area contributed by atoms with E-state index in [-0.39, 0.29) is 0 Å². The number of para-hydroxylation sites is 1. The lowest BCUT2D eigenvalue weighted by Gasteiger charge is -2.14. The van der Waals surface area contributed by atoms with Gasteiger partial charge in [-0.25, -0.2) is 4.39 Å². The molecule has 0 saturated heterocycles. The molecule has 1 atom stereocenters. The first-order chi connectivity index (χ1) is 6.79. The average Bonchev–Trinajstić information content (AvgIpc) is 2.41. The van der Waals surface area contributed by atoms with Crippen molar-refractivity contribution in [2.45, 2.75) is 32.4 Å². The fraction of sp³-hybridized carbons (Fsp3) is 0.500. The van der Waals surface area contributed by atoms with E-state index < -0.39 is 6.17 Å². The molecule has 1 aromatic rings. The Hall–Kier alpha value is -1.05. The number of aryl methyl sites for hydroxylation is 1. The minimum Gasteiger partial charge on any atom is -0.385 e. The van der Waals surface area contributed by atoms with Gasteiger partial charge in [0, 0.05) is 17.8 Å². The van der Waals surface area contributed by atoms with Crippen molar-refractivity contribution in [1.29, 1.82) is 0 Å². The molecule has 1 N–H and O–H groups in total. The van der Waals surface area contributed by atoms with Crippen molar-refractivity contribution in [3.8, 4) is 0 Å². The lowest BCUT2D eigenvalue weighted by molar-refractivity contribution is 0.375. The molecule has 0 saturated carbocycles. The summed E-state index contributed by atoms with van der Waals surface area (Å²) in [5.41, 5.74) is 3.12. The Kier molecular flexibility index (Phi) is 2.71. The number of hydrogen-bond donors (Lipinski definition) is 1. The molecule has 0 aliphatic carbocycles. The van der Waals surface area contributed by atoms with Crippen LogP contribution in [0.25, 0.3) is 0 Å². The minimum atomic E-state index is -0.879. The van der Waals surface area contributed by atoms with E-state index in [2.05, 4.69) is 11.4 Å². The molecule has 0 radical (unpaired) electrons. The lowest BCUT2D eigenvalue weighted by atomic mass is 10.0. The van der Waals surface area contributed by atoms with Crippen LogP contribution in [-0.4, -0.2) is 6.54 Å². The molecule has 1 nitrogen and oxygen atoms in total. The second-order valence-corrected chi connectivity index (χ2v) is 3.88. The molecule has 14 heavy (non-hydrogen) atoms. The average molecular weight is 193 g/mol. The van der Waals surface area contributed by atoms with Crippen LogP contribution in [0.5, 0.6) is 0 Å². The number of alkyl halides is 1. The third kappa shape index (κ3) is 1.74. The van der Waals surface area contributed by atoms with Crippen molar-refractivity contribution in [3.63, 3.8) is 0 Å². The number of halogens is 1. The van der Waals surface area contributed by atoms with Gasteiger partial charge in [-0.15, -0.1) is 0 Å². The van der Waals surface area contributed by atoms with Crippen LogP contribution in [0.2, 0.25) is 0 Å². The summed E-state index contributed by atoms with van der Waals surface area (Å²) in [6, 6.07) is 5.93. The van der Waals surface area contributed by atoms with Gasteiger partial charge in [-0.2, -0.15) is 0 Å². The second-order valence-electron chi connectivity index (χ2n) is 3.88. The Morgan fingerprint density at radius 2 is 2.21 bits per heavy atom. The van der Waals surface area contributed by atoms with Crippen LogP contribution in [0.15, 0.2) is 18.2 Å². The van der Waals surface area contributed by atoms with E-state index in [1.807, 2.05) is 12.1 Å². The molecule has 2 rings (SSSR count). The zero-order valence-electron chi connectivity index (χ0n) is 8.52. The Morgan fingerprint density at radius 3 is 3.00 bits per heavy atom. The third-order valence-electron chi connectivity index (χ3n) is 2.79. The third-order valence-corrected chi connectivity index (χ3v) is 2.79. The summed E-state index contributed by atoms with van der Waals surface area (Å²) in [4.78, 5) is 0. The van der Waals surface area contributed by atoms with Gasteiger partial charge in [0.1, 0.15) is 6.17 Å². The summed E-state index contributed by atoms with van der Waals surface area (Å²) in [5, 5.41) is 3.34. The highest BCUT2D eigenvalue weighted by molar-refractivity contribution is 5.59. The van der Waals surface area contributed by atoms with Gasteiger partial charge in [0.2, 0.25) is 0 Å². The lowest BCUT2D eigenvalue weighted by Crippen LogP contribution is -2.03. The number of rotatable bonds is 1. The van der Waals surface area contributed by atoms with Crippen LogP contribution in [0.1, 0.15) is 37.1 Å². The minimum absolute atomic E-state index is 0.810. The summed E-state index contributed by atoms with van der Waals surface area (Å²) in [6.45, 7) is 2.57. The van der Waals surface area contributed by atoms with Crippen molar-refractivity contribution in [1.82, 2.24) is 0 Å². The molecule has 1 aliphatic heterocycles. The smallest absolute Gasteiger partial charge is 0.124 e. The van der Waals surface area contributed by atoms with Crippen LogP contribution < -0.4 is 5.32 Å². The van der Waals surface area contributed by atoms with Crippen LogP contribution in [0.4, 0.5) is 10.1 Å². The van der Waals surface area contributed by atoms with Gasteiger partial charge >= 0.3 is 0 Å². The quantitative estimate of drug-likeness (QED) is 0.720. The molecule has 0 amide bonds. The van der Waals surface area contributed by atoms with Gasteiger partial charge in [-0.3, -0.25) is 0 Å². The molecule has 0 aromatic heterocycles. The molecule has 1 heterocycles. The predicted octanol–water partition coefficient (Wildman–Crippen LogP) is 3.47. The van der Waals surface area contributed by atoms with Crippen molar-refractivity contribution < 1.29 is 4.39 Å². The van der Waals surface area contributed by atoms with Gasteiger partial charge in [-0.05, 0) is 31.7 Å². The van der Waals surface area contributed by atoms with Gasteiger partial charge in [0.15, 0.2) is 0 Å². The van der Waals surface area contributed by atoms with E-state index in [9.17, 15) is 4.39 Å². The normalized spacial score (nSPS) is 17.9. The molecule has 0 fully saturated rings. The highest BCUT2D eigenvalue weighted by atomic mass is 19.1. The molecular formula is C12H16FN. The summed E-state index contributed by atoms with van der Waals surface area (Å²) in [6.07, 6.45) is 2.57. The molecule has 1 unspecified atom stereocenters. The second kappa shape index (κ2) is 3.99. The predicted molar refractivity (Wildman–Crippen MR) is 57.4 cm³/mol. The van der Waals surface area contributed by atoms with Crippen LogP contribution >= 0.6 is 0 Å². The first-order valence-electron chi connectivity index (χ1n) is 5.29. The number of fused-ring (bicyclic) bond motifs is 1. The van der Waals surface area contributed by atoms with E-state index in [1.54, 1.807) is 6.92 Å². The van der Waals surface area contributed by atoms with E-state index in [0.717, 1.165) is 24.2 Å². The fourth-order valence-electron chi connectivity index (χ4n) is 2.03. The maximum absolute atomic E-state index is 13.3. The molecule has 0 bridgehead atoms. The largest absolute Gasteiger partial charge is 0.385 e. The van der Waals surface area contributed by atoms with Gasteiger partial charge in [0.05, 0.1) is 0 Å².